The molecular weight excluding hydrogens is 243 g/mol. The minimum Gasteiger partial charge on any atom is -0.489 e. The van der Waals surface area contributed by atoms with E-state index < -0.39 is 11.7 Å². The number of hydrogen-bond donors (Lipinski definition) is 1. The molecule has 1 aromatic carbocycles. The summed E-state index contributed by atoms with van der Waals surface area (Å²) in [5, 5.41) is 0. The lowest BCUT2D eigenvalue weighted by Gasteiger charge is -2.14. The highest BCUT2D eigenvalue weighted by Gasteiger charge is 2.34. The normalized spacial score (nSPS) is 12.1. The summed E-state index contributed by atoms with van der Waals surface area (Å²) in [4.78, 5) is 0. The van der Waals surface area contributed by atoms with Gasteiger partial charge in [-0.25, -0.2) is 0 Å². The highest BCUT2D eigenvalue weighted by Crippen LogP contribution is 2.36. The summed E-state index contributed by atoms with van der Waals surface area (Å²) >= 11 is 0. The zero-order valence-corrected chi connectivity index (χ0v) is 10.1. The molecule has 0 saturated heterocycles. The molecule has 0 aliphatic rings. The van der Waals surface area contributed by atoms with Crippen LogP contribution in [0.5, 0.6) is 5.75 Å². The van der Waals surface area contributed by atoms with Crippen LogP contribution in [0.2, 0.25) is 0 Å². The number of hydrogen-bond acceptors (Lipinski definition) is 2. The first-order chi connectivity index (χ1) is 8.49. The second-order valence-electron chi connectivity index (χ2n) is 3.75. The van der Waals surface area contributed by atoms with Crippen LogP contribution in [0.3, 0.4) is 0 Å². The highest BCUT2D eigenvalue weighted by atomic mass is 19.4. The molecule has 100 valence electrons. The summed E-state index contributed by atoms with van der Waals surface area (Å²) in [6, 6.07) is 4.04. The van der Waals surface area contributed by atoms with Gasteiger partial charge < -0.3 is 10.5 Å². The summed E-state index contributed by atoms with van der Waals surface area (Å²) in [7, 11) is 0. The fourth-order valence-electron chi connectivity index (χ4n) is 1.48. The number of nitrogens with two attached hydrogens (primary N) is 1. The van der Waals surface area contributed by atoms with Crippen molar-refractivity contribution in [3.05, 3.63) is 41.5 Å². The van der Waals surface area contributed by atoms with Crippen molar-refractivity contribution >= 4 is 0 Å². The third-order valence-electron chi connectivity index (χ3n) is 2.35. The minimum absolute atomic E-state index is 0.121. The largest absolute Gasteiger partial charge is 0.489 e. The Labute approximate surface area is 104 Å². The third-order valence-corrected chi connectivity index (χ3v) is 2.35. The van der Waals surface area contributed by atoms with E-state index >= 15 is 0 Å². The summed E-state index contributed by atoms with van der Waals surface area (Å²) in [6.07, 6.45) is -0.641. The lowest BCUT2D eigenvalue weighted by molar-refractivity contribution is -0.138. The van der Waals surface area contributed by atoms with Gasteiger partial charge in [-0.15, -0.1) is 0 Å². The Morgan fingerprint density at radius 3 is 2.61 bits per heavy atom. The Morgan fingerprint density at radius 1 is 1.33 bits per heavy atom. The third kappa shape index (κ3) is 4.07. The molecule has 0 aliphatic carbocycles. The van der Waals surface area contributed by atoms with Crippen LogP contribution in [0.15, 0.2) is 30.4 Å². The van der Waals surface area contributed by atoms with Crippen LogP contribution < -0.4 is 10.5 Å². The predicted octanol–water partition coefficient (Wildman–Crippen LogP) is 3.16. The van der Waals surface area contributed by atoms with Gasteiger partial charge in [0, 0.05) is 0 Å². The van der Waals surface area contributed by atoms with Gasteiger partial charge in [0.05, 0.1) is 5.56 Å². The molecule has 0 radical (unpaired) electrons. The molecule has 0 unspecified atom stereocenters. The molecule has 0 heterocycles. The Bertz CT molecular complexity index is 413. The zero-order chi connectivity index (χ0) is 13.6. The van der Waals surface area contributed by atoms with Crippen molar-refractivity contribution in [1.29, 1.82) is 0 Å². The van der Waals surface area contributed by atoms with E-state index in [1.807, 2.05) is 0 Å². The second-order valence-corrected chi connectivity index (χ2v) is 3.75. The van der Waals surface area contributed by atoms with Crippen molar-refractivity contribution in [2.24, 2.45) is 5.73 Å². The van der Waals surface area contributed by atoms with Crippen LogP contribution in [0.4, 0.5) is 13.2 Å². The molecule has 0 atom stereocenters. The maximum absolute atomic E-state index is 12.8. The Balaban J connectivity index is 3.01. The van der Waals surface area contributed by atoms with Gasteiger partial charge in [-0.05, 0) is 37.6 Å². The lowest BCUT2D eigenvalue weighted by atomic mass is 10.1. The number of alkyl halides is 3. The fraction of sp³-hybridized carbons (Fsp3) is 0.385. The molecule has 2 nitrogen and oxygen atoms in total. The van der Waals surface area contributed by atoms with Gasteiger partial charge in [-0.2, -0.15) is 13.2 Å². The van der Waals surface area contributed by atoms with E-state index in [1.165, 1.54) is 6.07 Å². The van der Waals surface area contributed by atoms with Crippen LogP contribution in [-0.4, -0.2) is 13.2 Å². The summed E-state index contributed by atoms with van der Waals surface area (Å²) in [6.45, 7) is 2.21. The zero-order valence-electron chi connectivity index (χ0n) is 10.1. The van der Waals surface area contributed by atoms with Gasteiger partial charge in [0.1, 0.15) is 12.4 Å². The molecule has 5 heteroatoms. The van der Waals surface area contributed by atoms with Crippen molar-refractivity contribution in [2.75, 3.05) is 13.2 Å². The van der Waals surface area contributed by atoms with E-state index in [0.717, 1.165) is 6.07 Å². The second kappa shape index (κ2) is 6.44. The average Bonchev–Trinajstić information content (AvgIpc) is 2.30. The van der Waals surface area contributed by atoms with Gasteiger partial charge in [0.15, 0.2) is 0 Å². The summed E-state index contributed by atoms with van der Waals surface area (Å²) in [5.41, 5.74) is 5.14. The quantitative estimate of drug-likeness (QED) is 0.824. The Morgan fingerprint density at radius 2 is 2.06 bits per heavy atom. The van der Waals surface area contributed by atoms with E-state index in [0.29, 0.717) is 18.5 Å². The van der Waals surface area contributed by atoms with Crippen molar-refractivity contribution in [2.45, 2.75) is 19.5 Å². The van der Waals surface area contributed by atoms with E-state index in [1.54, 1.807) is 25.1 Å². The van der Waals surface area contributed by atoms with E-state index in [-0.39, 0.29) is 12.4 Å². The maximum atomic E-state index is 12.8. The van der Waals surface area contributed by atoms with Crippen LogP contribution in [-0.2, 0) is 12.6 Å². The summed E-state index contributed by atoms with van der Waals surface area (Å²) in [5.74, 6) is -0.152. The molecule has 0 saturated carbocycles. The minimum atomic E-state index is -4.42. The summed E-state index contributed by atoms with van der Waals surface area (Å²) < 4.78 is 43.6. The number of allylic oxidation sites excluding steroid dienone is 1. The first-order valence-corrected chi connectivity index (χ1v) is 5.63. The van der Waals surface area contributed by atoms with Gasteiger partial charge >= 0.3 is 6.18 Å². The van der Waals surface area contributed by atoms with E-state index in [2.05, 4.69) is 0 Å². The molecule has 0 spiro atoms. The van der Waals surface area contributed by atoms with Gasteiger partial charge in [-0.1, -0.05) is 18.2 Å². The lowest BCUT2D eigenvalue weighted by Crippen LogP contribution is -2.11. The number of benzene rings is 1. The molecule has 0 bridgehead atoms. The molecule has 1 aromatic rings. The molecule has 1 rings (SSSR count). The van der Waals surface area contributed by atoms with E-state index in [9.17, 15) is 13.2 Å². The van der Waals surface area contributed by atoms with Crippen molar-refractivity contribution in [1.82, 2.24) is 0 Å². The average molecular weight is 259 g/mol. The smallest absolute Gasteiger partial charge is 0.419 e. The topological polar surface area (TPSA) is 35.2 Å². The Hall–Kier alpha value is -1.49. The van der Waals surface area contributed by atoms with Crippen LogP contribution in [0.25, 0.3) is 0 Å². The molecule has 0 amide bonds. The molecule has 18 heavy (non-hydrogen) atoms. The molecule has 2 N–H and O–H groups in total. The Kier molecular flexibility index (Phi) is 5.22. The maximum Gasteiger partial charge on any atom is 0.419 e. The molecule has 0 fully saturated rings. The monoisotopic (exact) mass is 259 g/mol. The van der Waals surface area contributed by atoms with Crippen molar-refractivity contribution in [3.63, 3.8) is 0 Å². The molecule has 0 aromatic heterocycles. The van der Waals surface area contributed by atoms with E-state index in [4.69, 9.17) is 10.5 Å². The first kappa shape index (κ1) is 14.6. The van der Waals surface area contributed by atoms with Crippen LogP contribution in [0.1, 0.15) is 18.1 Å². The SMILES string of the molecule is CC=CCOc1ccc(CCN)cc1C(F)(F)F. The van der Waals surface area contributed by atoms with Gasteiger partial charge in [-0.3, -0.25) is 0 Å². The highest BCUT2D eigenvalue weighted by molar-refractivity contribution is 5.39. The number of rotatable bonds is 5. The predicted molar refractivity (Wildman–Crippen MR) is 64.5 cm³/mol. The van der Waals surface area contributed by atoms with Crippen LogP contribution in [0, 0.1) is 0 Å². The number of halogens is 3. The molecule has 0 aliphatic heterocycles. The van der Waals surface area contributed by atoms with Crippen molar-refractivity contribution < 1.29 is 17.9 Å². The number of ether oxygens (including phenoxy) is 1. The fourth-order valence-corrected chi connectivity index (χ4v) is 1.48. The van der Waals surface area contributed by atoms with Crippen molar-refractivity contribution in [3.8, 4) is 5.75 Å². The van der Waals surface area contributed by atoms with Gasteiger partial charge in [0.25, 0.3) is 0 Å². The first-order valence-electron chi connectivity index (χ1n) is 5.63. The van der Waals surface area contributed by atoms with Gasteiger partial charge in [0.2, 0.25) is 0 Å². The molecular formula is C13H16F3NO. The standard InChI is InChI=1S/C13H16F3NO/c1-2-3-8-18-12-5-4-10(6-7-17)9-11(12)13(14,15)16/h2-5,9H,6-8,17H2,1H3. The van der Waals surface area contributed by atoms with Crippen LogP contribution >= 0.6 is 0 Å².